The van der Waals surface area contributed by atoms with Crippen LogP contribution in [0.25, 0.3) is 0 Å². The second-order valence-electron chi connectivity index (χ2n) is 23.8. The molecule has 0 aromatic rings. The topological polar surface area (TPSA) is 78.9 Å². The lowest BCUT2D eigenvalue weighted by Gasteiger charge is -2.18. The predicted molar refractivity (Wildman–Crippen MR) is 348 cm³/mol. The van der Waals surface area contributed by atoms with Crippen molar-refractivity contribution in [3.8, 4) is 0 Å². The van der Waals surface area contributed by atoms with Crippen molar-refractivity contribution in [2.45, 2.75) is 380 Å². The average Bonchev–Trinajstić information content (AvgIpc) is 3.46. The molecule has 466 valence electrons. The summed E-state index contributed by atoms with van der Waals surface area (Å²) in [4.78, 5) is 38.3. The van der Waals surface area contributed by atoms with E-state index < -0.39 is 6.10 Å². The fourth-order valence-corrected chi connectivity index (χ4v) is 10.4. The van der Waals surface area contributed by atoms with E-state index in [0.717, 1.165) is 83.5 Å². The van der Waals surface area contributed by atoms with Crippen molar-refractivity contribution in [1.82, 2.24) is 0 Å². The lowest BCUT2D eigenvalue weighted by molar-refractivity contribution is -0.167. The van der Waals surface area contributed by atoms with Crippen LogP contribution in [-0.4, -0.2) is 37.2 Å². The first-order valence-electron chi connectivity index (χ1n) is 35.3. The van der Waals surface area contributed by atoms with Crippen LogP contribution < -0.4 is 0 Å². The third-order valence-electron chi connectivity index (χ3n) is 15.7. The third kappa shape index (κ3) is 65.9. The number of carbonyl (C=O) groups is 3. The average molecular weight is 1120 g/mol. The molecule has 0 saturated carbocycles. The molecule has 0 aliphatic heterocycles. The minimum Gasteiger partial charge on any atom is -0.462 e. The van der Waals surface area contributed by atoms with Crippen LogP contribution in [0.5, 0.6) is 0 Å². The van der Waals surface area contributed by atoms with Gasteiger partial charge in [-0.15, -0.1) is 0 Å². The summed E-state index contributed by atoms with van der Waals surface area (Å²) >= 11 is 0. The number of carbonyl (C=O) groups excluding carboxylic acids is 3. The predicted octanol–water partition coefficient (Wildman–Crippen LogP) is 24.3. The molecule has 0 amide bonds. The SMILES string of the molecule is CCCCCCC/C=C\C/C=C\C/C=C\CCCCCCCCCCCCCCCCCCCCC(=O)OCC(COC(=O)CCCCCCC/C=C\CCCCCCC)OC(=O)CCCCCCC/C=C\CCCCCCCC. The molecule has 6 heteroatoms. The van der Waals surface area contributed by atoms with Gasteiger partial charge in [-0.1, -0.05) is 306 Å². The second-order valence-corrected chi connectivity index (χ2v) is 23.8. The van der Waals surface area contributed by atoms with Crippen LogP contribution in [0, 0.1) is 0 Å². The van der Waals surface area contributed by atoms with Crippen molar-refractivity contribution >= 4 is 17.9 Å². The fraction of sp³-hybridized carbons (Fsp3) is 0.824. The lowest BCUT2D eigenvalue weighted by atomic mass is 10.0. The molecule has 0 aromatic heterocycles. The first kappa shape index (κ1) is 77.1. The van der Waals surface area contributed by atoms with Crippen LogP contribution >= 0.6 is 0 Å². The van der Waals surface area contributed by atoms with Crippen molar-refractivity contribution in [3.63, 3.8) is 0 Å². The molecule has 0 heterocycles. The van der Waals surface area contributed by atoms with Gasteiger partial charge in [-0.05, 0) is 109 Å². The number of hydrogen-bond acceptors (Lipinski definition) is 6. The Labute approximate surface area is 498 Å². The highest BCUT2D eigenvalue weighted by Gasteiger charge is 2.19. The van der Waals surface area contributed by atoms with Crippen LogP contribution in [0.1, 0.15) is 374 Å². The van der Waals surface area contributed by atoms with Gasteiger partial charge < -0.3 is 14.2 Å². The molecule has 0 aromatic carbocycles. The summed E-state index contributed by atoms with van der Waals surface area (Å²) in [6.07, 6.45) is 88.3. The van der Waals surface area contributed by atoms with Crippen molar-refractivity contribution in [2.24, 2.45) is 0 Å². The quantitative estimate of drug-likeness (QED) is 0.0261. The minimum absolute atomic E-state index is 0.0763. The van der Waals surface area contributed by atoms with E-state index in [1.807, 2.05) is 0 Å². The fourth-order valence-electron chi connectivity index (χ4n) is 10.4. The molecule has 0 spiro atoms. The van der Waals surface area contributed by atoms with Gasteiger partial charge in [-0.25, -0.2) is 0 Å². The molecule has 0 N–H and O–H groups in total. The molecule has 0 aliphatic carbocycles. The summed E-state index contributed by atoms with van der Waals surface area (Å²) in [5.74, 6) is -0.873. The molecule has 6 nitrogen and oxygen atoms in total. The maximum Gasteiger partial charge on any atom is 0.306 e. The molecule has 80 heavy (non-hydrogen) atoms. The van der Waals surface area contributed by atoms with Gasteiger partial charge in [0, 0.05) is 19.3 Å². The standard InChI is InChI=1S/C74H134O6/c1-4-7-10-13-16-19-22-25-28-29-30-31-32-33-34-35-36-37-38-39-40-41-42-43-44-45-47-49-52-55-58-61-64-67-73(76)79-70-71(69-78-72(75)66-63-60-57-54-51-48-27-24-21-18-15-12-9-6-3)80-74(77)68-65-62-59-56-53-50-46-26-23-20-17-14-11-8-5-2/h22,24-27,29-30,32-33,46,71H,4-21,23,28,31,34-45,47-70H2,1-3H3/b25-22-,27-24-,30-29-,33-32-,46-26-. The van der Waals surface area contributed by atoms with Gasteiger partial charge in [0.15, 0.2) is 6.10 Å². The molecule has 0 rings (SSSR count). The van der Waals surface area contributed by atoms with E-state index in [-0.39, 0.29) is 31.1 Å². The molecule has 0 saturated heterocycles. The number of allylic oxidation sites excluding steroid dienone is 10. The molecular weight excluding hydrogens is 985 g/mol. The maximum absolute atomic E-state index is 12.9. The summed E-state index contributed by atoms with van der Waals surface area (Å²) in [5.41, 5.74) is 0. The van der Waals surface area contributed by atoms with E-state index in [1.165, 1.54) is 250 Å². The van der Waals surface area contributed by atoms with Crippen molar-refractivity contribution in [3.05, 3.63) is 60.8 Å². The summed E-state index contributed by atoms with van der Waals surface area (Å²) in [7, 11) is 0. The number of unbranched alkanes of at least 4 members (excludes halogenated alkanes) is 44. The normalized spacial score (nSPS) is 12.4. The number of esters is 3. The van der Waals surface area contributed by atoms with Gasteiger partial charge in [-0.2, -0.15) is 0 Å². The Hall–Kier alpha value is -2.89. The van der Waals surface area contributed by atoms with Gasteiger partial charge in [0.1, 0.15) is 13.2 Å². The zero-order valence-electron chi connectivity index (χ0n) is 53.6. The van der Waals surface area contributed by atoms with Crippen LogP contribution in [0.3, 0.4) is 0 Å². The van der Waals surface area contributed by atoms with Crippen LogP contribution in [-0.2, 0) is 28.6 Å². The Morgan fingerprint density at radius 2 is 0.450 bits per heavy atom. The number of ether oxygens (including phenoxy) is 3. The number of rotatable bonds is 65. The van der Waals surface area contributed by atoms with Gasteiger partial charge in [0.2, 0.25) is 0 Å². The smallest absolute Gasteiger partial charge is 0.306 e. The highest BCUT2D eigenvalue weighted by molar-refractivity contribution is 5.71. The van der Waals surface area contributed by atoms with E-state index in [0.29, 0.717) is 19.3 Å². The van der Waals surface area contributed by atoms with Crippen LogP contribution in [0.4, 0.5) is 0 Å². The molecule has 0 radical (unpaired) electrons. The zero-order valence-corrected chi connectivity index (χ0v) is 53.6. The Morgan fingerprint density at radius 3 is 0.713 bits per heavy atom. The summed E-state index contributed by atoms with van der Waals surface area (Å²) in [6, 6.07) is 0. The first-order valence-corrected chi connectivity index (χ1v) is 35.3. The molecule has 1 atom stereocenters. The van der Waals surface area contributed by atoms with Gasteiger partial charge in [0.05, 0.1) is 0 Å². The molecule has 0 aliphatic rings. The minimum atomic E-state index is -0.781. The van der Waals surface area contributed by atoms with E-state index in [4.69, 9.17) is 14.2 Å². The van der Waals surface area contributed by atoms with E-state index in [2.05, 4.69) is 81.5 Å². The zero-order chi connectivity index (χ0) is 57.8. The summed E-state index contributed by atoms with van der Waals surface area (Å²) in [5, 5.41) is 0. The Bertz CT molecular complexity index is 1430. The summed E-state index contributed by atoms with van der Waals surface area (Å²) < 4.78 is 16.9. The van der Waals surface area contributed by atoms with Gasteiger partial charge in [0.25, 0.3) is 0 Å². The van der Waals surface area contributed by atoms with Crippen molar-refractivity contribution in [2.75, 3.05) is 13.2 Å². The second kappa shape index (κ2) is 68.6. The van der Waals surface area contributed by atoms with Crippen molar-refractivity contribution < 1.29 is 28.6 Å². The van der Waals surface area contributed by atoms with Crippen LogP contribution in [0.2, 0.25) is 0 Å². The largest absolute Gasteiger partial charge is 0.462 e. The van der Waals surface area contributed by atoms with Crippen LogP contribution in [0.15, 0.2) is 60.8 Å². The highest BCUT2D eigenvalue weighted by Crippen LogP contribution is 2.17. The maximum atomic E-state index is 12.9. The Morgan fingerprint density at radius 1 is 0.250 bits per heavy atom. The highest BCUT2D eigenvalue weighted by atomic mass is 16.6. The van der Waals surface area contributed by atoms with Gasteiger partial charge >= 0.3 is 17.9 Å². The molecule has 0 fully saturated rings. The Kier molecular flexibility index (Phi) is 66.1. The molecule has 0 bridgehead atoms. The number of hydrogen-bond donors (Lipinski definition) is 0. The van der Waals surface area contributed by atoms with E-state index in [1.54, 1.807) is 0 Å². The van der Waals surface area contributed by atoms with Gasteiger partial charge in [-0.3, -0.25) is 14.4 Å². The Balaban J connectivity index is 4.14. The molecule has 1 unspecified atom stereocenters. The molecular formula is C74H134O6. The monoisotopic (exact) mass is 1120 g/mol. The lowest BCUT2D eigenvalue weighted by Crippen LogP contribution is -2.30. The van der Waals surface area contributed by atoms with E-state index >= 15 is 0 Å². The third-order valence-corrected chi connectivity index (χ3v) is 15.7. The first-order chi connectivity index (χ1) is 39.5. The van der Waals surface area contributed by atoms with Crippen molar-refractivity contribution in [1.29, 1.82) is 0 Å². The summed E-state index contributed by atoms with van der Waals surface area (Å²) in [6.45, 7) is 6.65. The van der Waals surface area contributed by atoms with E-state index in [9.17, 15) is 14.4 Å².